The molecule has 6 atom stereocenters. The van der Waals surface area contributed by atoms with Gasteiger partial charge in [-0.3, -0.25) is 4.98 Å². The highest BCUT2D eigenvalue weighted by Gasteiger charge is 2.63. The molecule has 2 heterocycles. The molecule has 2 aromatic rings. The normalized spacial score (nSPS) is 33.4. The van der Waals surface area contributed by atoms with Gasteiger partial charge in [0.2, 0.25) is 0 Å². The van der Waals surface area contributed by atoms with Crippen LogP contribution in [-0.4, -0.2) is 27.8 Å². The van der Waals surface area contributed by atoms with Crippen molar-refractivity contribution >= 4 is 12.0 Å². The topological polar surface area (TPSA) is 59.4 Å². The number of rotatable bonds is 3. The third kappa shape index (κ3) is 4.04. The van der Waals surface area contributed by atoms with Gasteiger partial charge in [0, 0.05) is 17.7 Å². The molecular formula is C27H28F3NO3. The number of cyclic esters (lactones) is 1. The zero-order valence-corrected chi connectivity index (χ0v) is 19.0. The van der Waals surface area contributed by atoms with Gasteiger partial charge < -0.3 is 9.84 Å². The third-order valence-electron chi connectivity index (χ3n) is 7.95. The zero-order valence-electron chi connectivity index (χ0n) is 19.0. The third-order valence-corrected chi connectivity index (χ3v) is 7.95. The van der Waals surface area contributed by atoms with Gasteiger partial charge in [0.1, 0.15) is 6.10 Å². The minimum atomic E-state index is -4.40. The second kappa shape index (κ2) is 8.52. The SMILES string of the molecule is C[C@H]1OC(=O)C2(O)CC3CCCCC3[C@H](/C=C/c3ccc(-c4cccc(C(F)(F)F)c4)cn3)C12. The first-order valence-corrected chi connectivity index (χ1v) is 11.9. The number of pyridine rings is 1. The van der Waals surface area contributed by atoms with Gasteiger partial charge in [-0.15, -0.1) is 0 Å². The van der Waals surface area contributed by atoms with Crippen LogP contribution in [0.15, 0.2) is 48.7 Å². The molecule has 0 amide bonds. The second-order valence-corrected chi connectivity index (χ2v) is 9.96. The molecule has 7 heteroatoms. The largest absolute Gasteiger partial charge is 0.460 e. The molecule has 5 rings (SSSR count). The monoisotopic (exact) mass is 471 g/mol. The van der Waals surface area contributed by atoms with Crippen LogP contribution in [0.5, 0.6) is 0 Å². The van der Waals surface area contributed by atoms with Gasteiger partial charge >= 0.3 is 12.1 Å². The number of esters is 1. The molecule has 4 nitrogen and oxygen atoms in total. The van der Waals surface area contributed by atoms with Crippen molar-refractivity contribution in [1.82, 2.24) is 4.98 Å². The minimum absolute atomic E-state index is 0.00422. The van der Waals surface area contributed by atoms with Crippen molar-refractivity contribution in [1.29, 1.82) is 0 Å². The Morgan fingerprint density at radius 2 is 1.94 bits per heavy atom. The number of carbonyl (C=O) groups is 1. The number of alkyl halides is 3. The molecule has 3 aliphatic rings. The summed E-state index contributed by atoms with van der Waals surface area (Å²) in [6.45, 7) is 1.85. The molecule has 0 bridgehead atoms. The Balaban J connectivity index is 1.40. The van der Waals surface area contributed by atoms with Gasteiger partial charge in [-0.1, -0.05) is 43.5 Å². The summed E-state index contributed by atoms with van der Waals surface area (Å²) in [6.07, 6.45) is 5.58. The Bertz CT molecular complexity index is 1100. The van der Waals surface area contributed by atoms with Gasteiger partial charge in [-0.2, -0.15) is 13.2 Å². The van der Waals surface area contributed by atoms with Crippen molar-refractivity contribution in [2.45, 2.75) is 56.9 Å². The first kappa shape index (κ1) is 23.1. The van der Waals surface area contributed by atoms with Gasteiger partial charge in [-0.05, 0) is 67.4 Å². The number of ether oxygens (including phenoxy) is 1. The van der Waals surface area contributed by atoms with Crippen LogP contribution in [0.4, 0.5) is 13.2 Å². The van der Waals surface area contributed by atoms with Crippen molar-refractivity contribution in [2.75, 3.05) is 0 Å². The number of aromatic nitrogens is 1. The summed E-state index contributed by atoms with van der Waals surface area (Å²) in [5.74, 6) is -0.123. The number of allylic oxidation sites excluding steroid dienone is 1. The Labute approximate surface area is 196 Å². The Hall–Kier alpha value is -2.67. The van der Waals surface area contributed by atoms with E-state index in [0.717, 1.165) is 37.8 Å². The van der Waals surface area contributed by atoms with E-state index in [1.165, 1.54) is 6.07 Å². The summed E-state index contributed by atoms with van der Waals surface area (Å²) in [5, 5.41) is 11.3. The van der Waals surface area contributed by atoms with Crippen LogP contribution in [0.25, 0.3) is 17.2 Å². The van der Waals surface area contributed by atoms with E-state index in [4.69, 9.17) is 4.74 Å². The molecule has 1 aromatic carbocycles. The van der Waals surface area contributed by atoms with Crippen molar-refractivity contribution in [2.24, 2.45) is 23.7 Å². The Morgan fingerprint density at radius 3 is 2.68 bits per heavy atom. The summed E-state index contributed by atoms with van der Waals surface area (Å²) in [5.41, 5.74) is -0.395. The van der Waals surface area contributed by atoms with Gasteiger partial charge in [0.25, 0.3) is 0 Å². The zero-order chi connectivity index (χ0) is 24.1. The summed E-state index contributed by atoms with van der Waals surface area (Å²) in [7, 11) is 0. The van der Waals surface area contributed by atoms with E-state index in [1.54, 1.807) is 24.4 Å². The van der Waals surface area contributed by atoms with Crippen LogP contribution >= 0.6 is 0 Å². The molecule has 2 saturated carbocycles. The molecule has 3 fully saturated rings. The fourth-order valence-electron chi connectivity index (χ4n) is 6.40. The van der Waals surface area contributed by atoms with E-state index in [2.05, 4.69) is 11.1 Å². The molecule has 34 heavy (non-hydrogen) atoms. The lowest BCUT2D eigenvalue weighted by Gasteiger charge is -2.48. The number of hydrogen-bond donors (Lipinski definition) is 1. The standard InChI is InChI=1S/C27H28F3NO3/c1-16-24-23(22-8-3-2-5-18(22)14-26(24,33)25(32)34-16)12-11-21-10-9-19(15-31-21)17-6-4-7-20(13-17)27(28,29)30/h4,6-7,9-13,15-16,18,22-24,33H,2-3,5,8,14H2,1H3/b12-11+/t16-,18?,22?,23+,24?,26?/m1/s1. The van der Waals surface area contributed by atoms with E-state index in [-0.39, 0.29) is 17.9 Å². The lowest BCUT2D eigenvalue weighted by molar-refractivity contribution is -0.162. The number of fused-ring (bicyclic) bond motifs is 2. The summed E-state index contributed by atoms with van der Waals surface area (Å²) in [4.78, 5) is 17.0. The molecule has 0 radical (unpaired) electrons. The highest BCUT2D eigenvalue weighted by molar-refractivity contribution is 5.82. The van der Waals surface area contributed by atoms with Crippen LogP contribution in [0.2, 0.25) is 0 Å². The molecular weight excluding hydrogens is 443 g/mol. The maximum Gasteiger partial charge on any atom is 0.416 e. The summed E-state index contributed by atoms with van der Waals surface area (Å²) >= 11 is 0. The molecule has 2 aliphatic carbocycles. The van der Waals surface area contributed by atoms with Crippen LogP contribution in [0.3, 0.4) is 0 Å². The molecule has 1 saturated heterocycles. The second-order valence-electron chi connectivity index (χ2n) is 9.96. The Morgan fingerprint density at radius 1 is 1.15 bits per heavy atom. The molecule has 1 aliphatic heterocycles. The number of benzene rings is 1. The highest BCUT2D eigenvalue weighted by Crippen LogP contribution is 2.55. The van der Waals surface area contributed by atoms with Crippen molar-refractivity contribution in [3.8, 4) is 11.1 Å². The molecule has 0 spiro atoms. The first-order chi connectivity index (χ1) is 16.2. The fraction of sp³-hybridized carbons (Fsp3) is 0.481. The number of hydrogen-bond acceptors (Lipinski definition) is 4. The summed E-state index contributed by atoms with van der Waals surface area (Å²) in [6, 6.07) is 8.73. The minimum Gasteiger partial charge on any atom is -0.460 e. The highest BCUT2D eigenvalue weighted by atomic mass is 19.4. The average Bonchev–Trinajstić information content (AvgIpc) is 3.04. The lowest BCUT2D eigenvalue weighted by Crippen LogP contribution is -2.54. The van der Waals surface area contributed by atoms with Crippen LogP contribution in [0, 0.1) is 23.7 Å². The quantitative estimate of drug-likeness (QED) is 0.567. The maximum atomic E-state index is 13.0. The predicted molar refractivity (Wildman–Crippen MR) is 121 cm³/mol. The number of carbonyl (C=O) groups excluding carboxylic acids is 1. The van der Waals surface area contributed by atoms with Gasteiger partial charge in [0.15, 0.2) is 5.60 Å². The molecule has 180 valence electrons. The number of nitrogens with zero attached hydrogens (tertiary/aromatic N) is 1. The van der Waals surface area contributed by atoms with E-state index in [9.17, 15) is 23.1 Å². The number of halogens is 3. The molecule has 4 unspecified atom stereocenters. The smallest absolute Gasteiger partial charge is 0.416 e. The van der Waals surface area contributed by atoms with E-state index in [0.29, 0.717) is 35.1 Å². The number of aliphatic hydroxyl groups is 1. The average molecular weight is 472 g/mol. The van der Waals surface area contributed by atoms with Crippen LogP contribution in [-0.2, 0) is 15.7 Å². The fourth-order valence-corrected chi connectivity index (χ4v) is 6.40. The first-order valence-electron chi connectivity index (χ1n) is 11.9. The molecule has 1 N–H and O–H groups in total. The van der Waals surface area contributed by atoms with Gasteiger partial charge in [0.05, 0.1) is 11.3 Å². The molecule has 1 aromatic heterocycles. The maximum absolute atomic E-state index is 13.0. The van der Waals surface area contributed by atoms with E-state index < -0.39 is 23.3 Å². The van der Waals surface area contributed by atoms with Gasteiger partial charge in [-0.25, -0.2) is 4.79 Å². The van der Waals surface area contributed by atoms with Crippen LogP contribution in [0.1, 0.15) is 50.3 Å². The predicted octanol–water partition coefficient (Wildman–Crippen LogP) is 5.90. The summed E-state index contributed by atoms with van der Waals surface area (Å²) < 4.78 is 44.6. The van der Waals surface area contributed by atoms with E-state index in [1.807, 2.05) is 13.0 Å². The van der Waals surface area contributed by atoms with Crippen LogP contribution < -0.4 is 0 Å². The van der Waals surface area contributed by atoms with Crippen molar-refractivity contribution in [3.05, 3.63) is 59.9 Å². The Kier molecular flexibility index (Phi) is 5.79. The lowest BCUT2D eigenvalue weighted by atomic mass is 9.56. The van der Waals surface area contributed by atoms with Crippen molar-refractivity contribution in [3.63, 3.8) is 0 Å². The van der Waals surface area contributed by atoms with Crippen molar-refractivity contribution < 1.29 is 27.8 Å². The van der Waals surface area contributed by atoms with E-state index >= 15 is 0 Å².